The Kier molecular flexibility index (Phi) is 5.34. The van der Waals surface area contributed by atoms with Crippen LogP contribution in [-0.2, 0) is 9.53 Å². The van der Waals surface area contributed by atoms with E-state index in [1.165, 1.54) is 12.1 Å². The maximum atomic E-state index is 13.2. The Hall–Kier alpha value is -0.880. The predicted molar refractivity (Wildman–Crippen MR) is 72.6 cm³/mol. The van der Waals surface area contributed by atoms with Gasteiger partial charge >= 0.3 is 5.97 Å². The Morgan fingerprint density at radius 2 is 2.06 bits per heavy atom. The van der Waals surface area contributed by atoms with E-state index in [4.69, 9.17) is 9.47 Å². The van der Waals surface area contributed by atoms with Gasteiger partial charge in [-0.3, -0.25) is 0 Å². The number of benzene rings is 1. The predicted octanol–water partition coefficient (Wildman–Crippen LogP) is 3.48. The topological polar surface area (TPSA) is 35.5 Å². The van der Waals surface area contributed by atoms with Gasteiger partial charge in [0.25, 0.3) is 0 Å². The molecule has 0 aliphatic carbocycles. The number of rotatable bonds is 4. The first-order chi connectivity index (χ1) is 8.30. The van der Waals surface area contributed by atoms with Crippen molar-refractivity contribution in [2.75, 3.05) is 6.61 Å². The van der Waals surface area contributed by atoms with E-state index in [1.807, 2.05) is 0 Å². The second-order valence-corrected chi connectivity index (χ2v) is 5.79. The van der Waals surface area contributed by atoms with Crippen molar-refractivity contribution in [3.05, 3.63) is 24.0 Å². The summed E-state index contributed by atoms with van der Waals surface area (Å²) in [4.78, 5) is 12.0. The lowest BCUT2D eigenvalue weighted by Crippen LogP contribution is -2.27. The van der Waals surface area contributed by atoms with E-state index in [1.54, 1.807) is 26.8 Å². The standard InChI is InChI=1S/C12H15FO3S2/c1-12(2,3)16-11(14)7-15-9-4-8(13)5-10(6-9)18-17/h4-6,17H,7H2,1-3H3. The average Bonchev–Trinajstić information content (AvgIpc) is 2.23. The Morgan fingerprint density at radius 3 is 2.61 bits per heavy atom. The number of carbonyl (C=O) groups excluding carboxylic acids is 1. The molecule has 0 unspecified atom stereocenters. The van der Waals surface area contributed by atoms with E-state index in [2.05, 4.69) is 11.7 Å². The highest BCUT2D eigenvalue weighted by molar-refractivity contribution is 8.68. The average molecular weight is 290 g/mol. The lowest BCUT2D eigenvalue weighted by molar-refractivity contribution is -0.157. The summed E-state index contributed by atoms with van der Waals surface area (Å²) < 4.78 is 23.4. The van der Waals surface area contributed by atoms with Gasteiger partial charge in [0.1, 0.15) is 17.2 Å². The first kappa shape index (κ1) is 15.2. The molecule has 0 radical (unpaired) electrons. The Balaban J connectivity index is 2.58. The molecule has 1 aromatic rings. The smallest absolute Gasteiger partial charge is 0.344 e. The third-order valence-corrected chi connectivity index (χ3v) is 2.81. The number of hydrogen-bond donors (Lipinski definition) is 1. The summed E-state index contributed by atoms with van der Waals surface area (Å²) in [7, 11) is 1.10. The van der Waals surface area contributed by atoms with Crippen LogP contribution in [0.3, 0.4) is 0 Å². The van der Waals surface area contributed by atoms with Crippen LogP contribution in [-0.4, -0.2) is 18.2 Å². The highest BCUT2D eigenvalue weighted by atomic mass is 33.1. The van der Waals surface area contributed by atoms with Crippen LogP contribution in [0.4, 0.5) is 4.39 Å². The molecule has 6 heteroatoms. The van der Waals surface area contributed by atoms with Gasteiger partial charge in [-0.15, -0.1) is 11.7 Å². The van der Waals surface area contributed by atoms with Gasteiger partial charge in [0.2, 0.25) is 0 Å². The minimum atomic E-state index is -0.561. The Labute approximate surface area is 115 Å². The van der Waals surface area contributed by atoms with Crippen LogP contribution in [0.25, 0.3) is 0 Å². The first-order valence-electron chi connectivity index (χ1n) is 5.27. The zero-order chi connectivity index (χ0) is 13.8. The van der Waals surface area contributed by atoms with Crippen LogP contribution in [0.5, 0.6) is 5.75 Å². The van der Waals surface area contributed by atoms with Gasteiger partial charge in [0.15, 0.2) is 6.61 Å². The molecular formula is C12H15FO3S2. The SMILES string of the molecule is CC(C)(C)OC(=O)COc1cc(F)cc(SS)c1. The van der Waals surface area contributed by atoms with E-state index in [9.17, 15) is 9.18 Å². The number of halogens is 1. The second kappa shape index (κ2) is 6.33. The van der Waals surface area contributed by atoms with Gasteiger partial charge in [0.05, 0.1) is 0 Å². The van der Waals surface area contributed by atoms with Gasteiger partial charge in [-0.25, -0.2) is 9.18 Å². The van der Waals surface area contributed by atoms with E-state index in [0.29, 0.717) is 4.90 Å². The summed E-state index contributed by atoms with van der Waals surface area (Å²) in [6.07, 6.45) is 0. The molecule has 0 saturated heterocycles. The molecule has 0 atom stereocenters. The zero-order valence-electron chi connectivity index (χ0n) is 10.4. The lowest BCUT2D eigenvalue weighted by atomic mass is 10.2. The van der Waals surface area contributed by atoms with Crippen molar-refractivity contribution in [2.24, 2.45) is 0 Å². The number of ether oxygens (including phenoxy) is 2. The number of esters is 1. The van der Waals surface area contributed by atoms with Crippen molar-refractivity contribution >= 4 is 28.4 Å². The fourth-order valence-electron chi connectivity index (χ4n) is 1.19. The van der Waals surface area contributed by atoms with Gasteiger partial charge < -0.3 is 9.47 Å². The monoisotopic (exact) mass is 290 g/mol. The lowest BCUT2D eigenvalue weighted by Gasteiger charge is -2.19. The van der Waals surface area contributed by atoms with Crippen LogP contribution in [0.1, 0.15) is 20.8 Å². The van der Waals surface area contributed by atoms with E-state index >= 15 is 0 Å². The highest BCUT2D eigenvalue weighted by Gasteiger charge is 2.16. The van der Waals surface area contributed by atoms with Gasteiger partial charge in [-0.1, -0.05) is 10.8 Å². The normalized spacial score (nSPS) is 11.2. The number of hydrogen-bond acceptors (Lipinski definition) is 5. The molecule has 0 heterocycles. The van der Waals surface area contributed by atoms with Crippen molar-refractivity contribution in [1.82, 2.24) is 0 Å². The van der Waals surface area contributed by atoms with E-state index < -0.39 is 17.4 Å². The summed E-state index contributed by atoms with van der Waals surface area (Å²) in [5.74, 6) is -0.655. The molecule has 0 fully saturated rings. The van der Waals surface area contributed by atoms with Gasteiger partial charge in [0, 0.05) is 11.0 Å². The highest BCUT2D eigenvalue weighted by Crippen LogP contribution is 2.27. The summed E-state index contributed by atoms with van der Waals surface area (Å²) in [6, 6.07) is 4.14. The molecule has 100 valence electrons. The molecule has 0 aliphatic heterocycles. The second-order valence-electron chi connectivity index (χ2n) is 4.59. The molecule has 1 aromatic carbocycles. The van der Waals surface area contributed by atoms with Crippen LogP contribution in [0.2, 0.25) is 0 Å². The van der Waals surface area contributed by atoms with Crippen LogP contribution in [0, 0.1) is 5.82 Å². The Bertz CT molecular complexity index is 430. The fraction of sp³-hybridized carbons (Fsp3) is 0.417. The molecule has 0 aliphatic rings. The maximum absolute atomic E-state index is 13.2. The van der Waals surface area contributed by atoms with Gasteiger partial charge in [-0.2, -0.15) is 0 Å². The number of carbonyl (C=O) groups is 1. The molecular weight excluding hydrogens is 275 g/mol. The molecule has 0 saturated carbocycles. The van der Waals surface area contributed by atoms with E-state index in [0.717, 1.165) is 10.8 Å². The van der Waals surface area contributed by atoms with Crippen LogP contribution >= 0.6 is 22.5 Å². The molecule has 18 heavy (non-hydrogen) atoms. The van der Waals surface area contributed by atoms with Gasteiger partial charge in [-0.05, 0) is 32.9 Å². The first-order valence-corrected chi connectivity index (χ1v) is 7.14. The van der Waals surface area contributed by atoms with Crippen LogP contribution in [0.15, 0.2) is 23.1 Å². The quantitative estimate of drug-likeness (QED) is 0.523. The molecule has 1 rings (SSSR count). The van der Waals surface area contributed by atoms with Crippen molar-refractivity contribution < 1.29 is 18.7 Å². The largest absolute Gasteiger partial charge is 0.482 e. The molecule has 3 nitrogen and oxygen atoms in total. The fourth-order valence-corrected chi connectivity index (χ4v) is 1.84. The van der Waals surface area contributed by atoms with Crippen LogP contribution < -0.4 is 4.74 Å². The molecule has 0 aromatic heterocycles. The third-order valence-electron chi connectivity index (χ3n) is 1.73. The zero-order valence-corrected chi connectivity index (χ0v) is 12.1. The maximum Gasteiger partial charge on any atom is 0.344 e. The Morgan fingerprint density at radius 1 is 1.39 bits per heavy atom. The summed E-state index contributed by atoms with van der Waals surface area (Å²) in [5, 5.41) is 0. The molecule has 0 amide bonds. The summed E-state index contributed by atoms with van der Waals surface area (Å²) in [5.41, 5.74) is -0.561. The summed E-state index contributed by atoms with van der Waals surface area (Å²) >= 11 is 3.97. The minimum absolute atomic E-state index is 0.253. The van der Waals surface area contributed by atoms with E-state index in [-0.39, 0.29) is 12.4 Å². The minimum Gasteiger partial charge on any atom is -0.482 e. The van der Waals surface area contributed by atoms with Crippen molar-refractivity contribution in [1.29, 1.82) is 0 Å². The number of thiol groups is 1. The van der Waals surface area contributed by atoms with Crippen molar-refractivity contribution in [3.8, 4) is 5.75 Å². The molecule has 0 bridgehead atoms. The molecule has 0 spiro atoms. The summed E-state index contributed by atoms with van der Waals surface area (Å²) in [6.45, 7) is 5.05. The molecule has 0 N–H and O–H groups in total. The van der Waals surface area contributed by atoms with Crippen molar-refractivity contribution in [2.45, 2.75) is 31.3 Å². The van der Waals surface area contributed by atoms with Crippen molar-refractivity contribution in [3.63, 3.8) is 0 Å². The third kappa shape index (κ3) is 5.64.